The SMILES string of the molecule is CCCCCC1CCC(C2CCC(c3ccc(C4CCC5(CC4)OCCO5)c(F)c3)CC2)CC1. The average Bonchev–Trinajstić information content (AvgIpc) is 3.33. The van der Waals surface area contributed by atoms with Gasteiger partial charge in [0.2, 0.25) is 0 Å². The molecule has 0 aromatic heterocycles. The lowest BCUT2D eigenvalue weighted by atomic mass is 9.68. The Balaban J connectivity index is 1.09. The zero-order valence-electron chi connectivity index (χ0n) is 21.5. The van der Waals surface area contributed by atoms with E-state index in [1.54, 1.807) is 0 Å². The molecule has 3 saturated carbocycles. The van der Waals surface area contributed by atoms with Gasteiger partial charge in [-0.2, -0.15) is 0 Å². The summed E-state index contributed by atoms with van der Waals surface area (Å²) in [5, 5.41) is 0. The van der Waals surface area contributed by atoms with Gasteiger partial charge in [-0.15, -0.1) is 0 Å². The van der Waals surface area contributed by atoms with Crippen LogP contribution in [0.3, 0.4) is 0 Å². The van der Waals surface area contributed by atoms with Crippen molar-refractivity contribution in [3.8, 4) is 0 Å². The maximum Gasteiger partial charge on any atom is 0.168 e. The molecule has 2 nitrogen and oxygen atoms in total. The topological polar surface area (TPSA) is 18.5 Å². The summed E-state index contributed by atoms with van der Waals surface area (Å²) in [6, 6.07) is 6.24. The summed E-state index contributed by atoms with van der Waals surface area (Å²) < 4.78 is 26.9. The Hall–Kier alpha value is -0.930. The van der Waals surface area contributed by atoms with Gasteiger partial charge in [-0.05, 0) is 98.1 Å². The Kier molecular flexibility index (Phi) is 8.31. The predicted octanol–water partition coefficient (Wildman–Crippen LogP) is 8.89. The smallest absolute Gasteiger partial charge is 0.168 e. The first-order chi connectivity index (χ1) is 16.7. The number of benzene rings is 1. The minimum atomic E-state index is -0.361. The first-order valence-electron chi connectivity index (χ1n) is 14.7. The van der Waals surface area contributed by atoms with Gasteiger partial charge < -0.3 is 9.47 Å². The van der Waals surface area contributed by atoms with Crippen molar-refractivity contribution in [2.45, 2.75) is 127 Å². The lowest BCUT2D eigenvalue weighted by Crippen LogP contribution is -2.34. The van der Waals surface area contributed by atoms with Gasteiger partial charge in [0.05, 0.1) is 13.2 Å². The number of hydrogen-bond acceptors (Lipinski definition) is 2. The van der Waals surface area contributed by atoms with Crippen LogP contribution in [0.15, 0.2) is 18.2 Å². The lowest BCUT2D eigenvalue weighted by Gasteiger charge is -2.38. The van der Waals surface area contributed by atoms with Crippen LogP contribution in [0.25, 0.3) is 0 Å². The minimum Gasteiger partial charge on any atom is -0.348 e. The van der Waals surface area contributed by atoms with E-state index in [1.165, 1.54) is 82.6 Å². The maximum atomic E-state index is 15.2. The quantitative estimate of drug-likeness (QED) is 0.370. The van der Waals surface area contributed by atoms with E-state index in [-0.39, 0.29) is 11.6 Å². The van der Waals surface area contributed by atoms with E-state index in [0.717, 1.165) is 49.0 Å². The highest BCUT2D eigenvalue weighted by atomic mass is 19.1. The Labute approximate surface area is 207 Å². The van der Waals surface area contributed by atoms with Gasteiger partial charge in [-0.3, -0.25) is 0 Å². The summed E-state index contributed by atoms with van der Waals surface area (Å²) in [5.74, 6) is 3.42. The molecule has 4 aliphatic rings. The lowest BCUT2D eigenvalue weighted by molar-refractivity contribution is -0.178. The van der Waals surface area contributed by atoms with Crippen molar-refractivity contribution >= 4 is 0 Å². The van der Waals surface area contributed by atoms with E-state index in [9.17, 15) is 0 Å². The molecule has 0 N–H and O–H groups in total. The standard InChI is InChI=1S/C31H47FO2/c1-2-3-4-5-23-6-8-24(9-7-23)25-10-12-26(13-11-25)28-14-15-29(30(32)22-28)27-16-18-31(19-17-27)33-20-21-34-31/h14-15,22-27H,2-13,16-21H2,1H3. The van der Waals surface area contributed by atoms with Gasteiger partial charge >= 0.3 is 0 Å². The van der Waals surface area contributed by atoms with Crippen molar-refractivity contribution < 1.29 is 13.9 Å². The molecule has 0 radical (unpaired) electrons. The molecule has 0 amide bonds. The molecule has 1 heterocycles. The van der Waals surface area contributed by atoms with Crippen LogP contribution in [0, 0.1) is 23.6 Å². The second kappa shape index (κ2) is 11.4. The first-order valence-corrected chi connectivity index (χ1v) is 14.7. The molecule has 5 rings (SSSR count). The Bertz CT molecular complexity index is 760. The summed E-state index contributed by atoms with van der Waals surface area (Å²) in [6.07, 6.45) is 20.5. The average molecular weight is 471 g/mol. The van der Waals surface area contributed by atoms with Crippen LogP contribution >= 0.6 is 0 Å². The van der Waals surface area contributed by atoms with Crippen LogP contribution in [0.1, 0.15) is 133 Å². The molecule has 0 atom stereocenters. The number of hydrogen-bond donors (Lipinski definition) is 0. The summed E-state index contributed by atoms with van der Waals surface area (Å²) in [5.41, 5.74) is 2.16. The third kappa shape index (κ3) is 5.72. The molecule has 3 aliphatic carbocycles. The normalized spacial score (nSPS) is 32.3. The zero-order valence-corrected chi connectivity index (χ0v) is 21.5. The molecule has 1 saturated heterocycles. The monoisotopic (exact) mass is 470 g/mol. The minimum absolute atomic E-state index is 0.0234. The van der Waals surface area contributed by atoms with E-state index >= 15 is 4.39 Å². The van der Waals surface area contributed by atoms with Crippen molar-refractivity contribution in [2.24, 2.45) is 17.8 Å². The van der Waals surface area contributed by atoms with Crippen molar-refractivity contribution in [3.63, 3.8) is 0 Å². The molecule has 34 heavy (non-hydrogen) atoms. The van der Waals surface area contributed by atoms with Gasteiger partial charge in [0, 0.05) is 12.8 Å². The third-order valence-corrected chi connectivity index (χ3v) is 10.0. The van der Waals surface area contributed by atoms with Crippen LogP contribution in [0.5, 0.6) is 0 Å². The molecular formula is C31H47FO2. The number of halogens is 1. The molecule has 4 fully saturated rings. The van der Waals surface area contributed by atoms with Crippen LogP contribution in [-0.4, -0.2) is 19.0 Å². The second-order valence-electron chi connectivity index (χ2n) is 12.1. The van der Waals surface area contributed by atoms with Gasteiger partial charge in [0.1, 0.15) is 5.82 Å². The van der Waals surface area contributed by atoms with Crippen LogP contribution in [0.4, 0.5) is 4.39 Å². The van der Waals surface area contributed by atoms with Gasteiger partial charge in [-0.25, -0.2) is 4.39 Å². The van der Waals surface area contributed by atoms with E-state index in [2.05, 4.69) is 19.1 Å². The van der Waals surface area contributed by atoms with E-state index in [4.69, 9.17) is 9.47 Å². The molecular weight excluding hydrogens is 423 g/mol. The summed E-state index contributed by atoms with van der Waals surface area (Å²) in [6.45, 7) is 3.72. The summed E-state index contributed by atoms with van der Waals surface area (Å²) in [4.78, 5) is 0. The molecule has 0 bridgehead atoms. The fourth-order valence-electron chi connectivity index (χ4n) is 7.84. The molecule has 1 aromatic carbocycles. The van der Waals surface area contributed by atoms with E-state index in [1.807, 2.05) is 6.07 Å². The van der Waals surface area contributed by atoms with E-state index in [0.29, 0.717) is 25.0 Å². The van der Waals surface area contributed by atoms with Crippen LogP contribution < -0.4 is 0 Å². The zero-order chi connectivity index (χ0) is 23.4. The predicted molar refractivity (Wildman–Crippen MR) is 137 cm³/mol. The number of rotatable bonds is 7. The largest absolute Gasteiger partial charge is 0.348 e. The van der Waals surface area contributed by atoms with Gasteiger partial charge in [0.15, 0.2) is 5.79 Å². The fourth-order valence-corrected chi connectivity index (χ4v) is 7.84. The highest BCUT2D eigenvalue weighted by molar-refractivity contribution is 5.30. The first kappa shape index (κ1) is 24.8. The van der Waals surface area contributed by atoms with Crippen molar-refractivity contribution in [1.29, 1.82) is 0 Å². The van der Waals surface area contributed by atoms with Gasteiger partial charge in [-0.1, -0.05) is 57.6 Å². The molecule has 0 unspecified atom stereocenters. The second-order valence-corrected chi connectivity index (χ2v) is 12.1. The molecule has 1 spiro atoms. The molecule has 1 aliphatic heterocycles. The molecule has 190 valence electrons. The summed E-state index contributed by atoms with van der Waals surface area (Å²) in [7, 11) is 0. The highest BCUT2D eigenvalue weighted by Gasteiger charge is 2.41. The Morgan fingerprint density at radius 3 is 2.06 bits per heavy atom. The Morgan fingerprint density at radius 1 is 0.794 bits per heavy atom. The molecule has 3 heteroatoms. The van der Waals surface area contributed by atoms with Gasteiger partial charge in [0.25, 0.3) is 0 Å². The van der Waals surface area contributed by atoms with Crippen molar-refractivity contribution in [2.75, 3.05) is 13.2 Å². The number of unbranched alkanes of at least 4 members (excludes halogenated alkanes) is 2. The fraction of sp³-hybridized carbons (Fsp3) is 0.806. The highest BCUT2D eigenvalue weighted by Crippen LogP contribution is 2.46. The number of ether oxygens (including phenoxy) is 2. The summed E-state index contributed by atoms with van der Waals surface area (Å²) >= 11 is 0. The van der Waals surface area contributed by atoms with Crippen LogP contribution in [-0.2, 0) is 9.47 Å². The van der Waals surface area contributed by atoms with Crippen molar-refractivity contribution in [1.82, 2.24) is 0 Å². The maximum absolute atomic E-state index is 15.2. The van der Waals surface area contributed by atoms with Crippen LogP contribution in [0.2, 0.25) is 0 Å². The van der Waals surface area contributed by atoms with E-state index < -0.39 is 0 Å². The Morgan fingerprint density at radius 2 is 1.44 bits per heavy atom. The third-order valence-electron chi connectivity index (χ3n) is 10.0. The molecule has 1 aromatic rings. The van der Waals surface area contributed by atoms with Crippen molar-refractivity contribution in [3.05, 3.63) is 35.1 Å².